The van der Waals surface area contributed by atoms with Crippen LogP contribution in [0.15, 0.2) is 67.0 Å². The molecule has 0 aliphatic rings. The Balaban J connectivity index is 1.72. The lowest BCUT2D eigenvalue weighted by Gasteiger charge is -2.15. The average Bonchev–Trinajstić information content (AvgIpc) is 3.08. The lowest BCUT2D eigenvalue weighted by molar-refractivity contribution is 0.477. The highest BCUT2D eigenvalue weighted by molar-refractivity contribution is 5.92. The average molecular weight is 330 g/mol. The minimum absolute atomic E-state index is 0.114. The van der Waals surface area contributed by atoms with Crippen LogP contribution in [0.4, 0.5) is 5.82 Å². The summed E-state index contributed by atoms with van der Waals surface area (Å²) in [6, 6.07) is 19.5. The number of nitrogens with zero attached hydrogens (tertiary/aromatic N) is 2. The van der Waals surface area contributed by atoms with Crippen molar-refractivity contribution in [3.8, 4) is 17.0 Å². The van der Waals surface area contributed by atoms with Crippen molar-refractivity contribution < 1.29 is 5.11 Å². The SMILES string of the molecule is C[C@@H](Nc1ncnc2[nH]c(-c3ccccc3O)cc12)c1ccccc1. The summed E-state index contributed by atoms with van der Waals surface area (Å²) in [5.41, 5.74) is 3.47. The zero-order chi connectivity index (χ0) is 17.2. The molecule has 0 radical (unpaired) electrons. The molecule has 25 heavy (non-hydrogen) atoms. The Morgan fingerprint density at radius 1 is 1.00 bits per heavy atom. The van der Waals surface area contributed by atoms with Gasteiger partial charge in [0.25, 0.3) is 0 Å². The lowest BCUT2D eigenvalue weighted by atomic mass is 10.1. The summed E-state index contributed by atoms with van der Waals surface area (Å²) in [7, 11) is 0. The molecule has 4 aromatic rings. The van der Waals surface area contributed by atoms with Crippen LogP contribution >= 0.6 is 0 Å². The van der Waals surface area contributed by atoms with Crippen LogP contribution < -0.4 is 5.32 Å². The second kappa shape index (κ2) is 6.28. The monoisotopic (exact) mass is 330 g/mol. The predicted molar refractivity (Wildman–Crippen MR) is 99.5 cm³/mol. The maximum Gasteiger partial charge on any atom is 0.143 e. The number of anilines is 1. The van der Waals surface area contributed by atoms with E-state index in [1.54, 1.807) is 12.1 Å². The molecule has 0 bridgehead atoms. The molecule has 0 amide bonds. The normalized spacial score (nSPS) is 12.2. The Kier molecular flexibility index (Phi) is 3.82. The number of aromatic hydroxyl groups is 1. The highest BCUT2D eigenvalue weighted by Gasteiger charge is 2.13. The number of phenolic OH excluding ortho intramolecular Hbond substituents is 1. The van der Waals surface area contributed by atoms with Gasteiger partial charge in [0, 0.05) is 11.6 Å². The van der Waals surface area contributed by atoms with E-state index in [0.717, 1.165) is 28.1 Å². The Bertz CT molecular complexity index is 1010. The van der Waals surface area contributed by atoms with Crippen molar-refractivity contribution in [3.63, 3.8) is 0 Å². The van der Waals surface area contributed by atoms with Crippen molar-refractivity contribution in [2.45, 2.75) is 13.0 Å². The molecule has 124 valence electrons. The third-order valence-electron chi connectivity index (χ3n) is 4.27. The lowest BCUT2D eigenvalue weighted by Crippen LogP contribution is -2.08. The first kappa shape index (κ1) is 15.2. The van der Waals surface area contributed by atoms with Gasteiger partial charge in [0.15, 0.2) is 0 Å². The van der Waals surface area contributed by atoms with Gasteiger partial charge < -0.3 is 15.4 Å². The van der Waals surface area contributed by atoms with Gasteiger partial charge >= 0.3 is 0 Å². The van der Waals surface area contributed by atoms with E-state index in [9.17, 15) is 5.11 Å². The number of aromatic nitrogens is 3. The molecule has 5 heteroatoms. The van der Waals surface area contributed by atoms with Crippen LogP contribution in [0.1, 0.15) is 18.5 Å². The molecule has 0 spiro atoms. The number of hydrogen-bond acceptors (Lipinski definition) is 4. The molecule has 0 saturated carbocycles. The van der Waals surface area contributed by atoms with Crippen molar-refractivity contribution in [3.05, 3.63) is 72.6 Å². The van der Waals surface area contributed by atoms with Crippen LogP contribution in [-0.2, 0) is 0 Å². The van der Waals surface area contributed by atoms with Crippen LogP contribution in [0.5, 0.6) is 5.75 Å². The zero-order valence-corrected chi connectivity index (χ0v) is 13.8. The minimum atomic E-state index is 0.114. The molecule has 5 nitrogen and oxygen atoms in total. The highest BCUT2D eigenvalue weighted by atomic mass is 16.3. The van der Waals surface area contributed by atoms with E-state index < -0.39 is 0 Å². The van der Waals surface area contributed by atoms with Crippen molar-refractivity contribution in [2.24, 2.45) is 0 Å². The molecule has 2 aromatic heterocycles. The summed E-state index contributed by atoms with van der Waals surface area (Å²) >= 11 is 0. The molecular formula is C20H18N4O. The fourth-order valence-electron chi connectivity index (χ4n) is 2.93. The molecular weight excluding hydrogens is 312 g/mol. The number of nitrogens with one attached hydrogen (secondary N) is 2. The molecule has 3 N–H and O–H groups in total. The summed E-state index contributed by atoms with van der Waals surface area (Å²) in [6.45, 7) is 2.10. The van der Waals surface area contributed by atoms with Gasteiger partial charge in [-0.1, -0.05) is 42.5 Å². The molecule has 0 saturated heterocycles. The fraction of sp³-hybridized carbons (Fsp3) is 0.100. The Hall–Kier alpha value is -3.34. The summed E-state index contributed by atoms with van der Waals surface area (Å²) in [4.78, 5) is 12.0. The predicted octanol–water partition coefficient (Wildman–Crippen LogP) is 4.50. The van der Waals surface area contributed by atoms with Gasteiger partial charge in [0.05, 0.1) is 11.1 Å². The number of para-hydroxylation sites is 1. The fourth-order valence-corrected chi connectivity index (χ4v) is 2.93. The smallest absolute Gasteiger partial charge is 0.143 e. The van der Waals surface area contributed by atoms with Crippen LogP contribution in [0.2, 0.25) is 0 Å². The van der Waals surface area contributed by atoms with Crippen molar-refractivity contribution in [1.82, 2.24) is 15.0 Å². The van der Waals surface area contributed by atoms with Gasteiger partial charge in [-0.15, -0.1) is 0 Å². The molecule has 0 aliphatic carbocycles. The number of hydrogen-bond donors (Lipinski definition) is 3. The summed E-state index contributed by atoms with van der Waals surface area (Å²) in [5.74, 6) is 0.994. The van der Waals surface area contributed by atoms with E-state index in [0.29, 0.717) is 0 Å². The van der Waals surface area contributed by atoms with E-state index in [2.05, 4.69) is 39.3 Å². The standard InChI is InChI=1S/C20H18N4O/c1-13(14-7-3-2-4-8-14)23-19-16-11-17(24-20(16)22-12-21-19)15-9-5-6-10-18(15)25/h2-13,25H,1H3,(H2,21,22,23,24)/t13-/m1/s1. The number of benzene rings is 2. The topological polar surface area (TPSA) is 73.8 Å². The largest absolute Gasteiger partial charge is 0.507 e. The van der Waals surface area contributed by atoms with Crippen LogP contribution in [-0.4, -0.2) is 20.1 Å². The van der Waals surface area contributed by atoms with Crippen molar-refractivity contribution >= 4 is 16.9 Å². The Morgan fingerprint density at radius 3 is 2.56 bits per heavy atom. The summed E-state index contributed by atoms with van der Waals surface area (Å²) < 4.78 is 0. The van der Waals surface area contributed by atoms with Crippen molar-refractivity contribution in [2.75, 3.05) is 5.32 Å². The summed E-state index contributed by atoms with van der Waals surface area (Å²) in [5, 5.41) is 14.4. The third kappa shape index (κ3) is 2.92. The van der Waals surface area contributed by atoms with Crippen LogP contribution in [0.3, 0.4) is 0 Å². The van der Waals surface area contributed by atoms with Gasteiger partial charge in [-0.2, -0.15) is 0 Å². The van der Waals surface area contributed by atoms with Gasteiger partial charge in [-0.05, 0) is 30.7 Å². The Labute approximate surface area is 145 Å². The first-order valence-corrected chi connectivity index (χ1v) is 8.16. The molecule has 4 rings (SSSR count). The molecule has 0 aliphatic heterocycles. The second-order valence-electron chi connectivity index (χ2n) is 5.96. The van der Waals surface area contributed by atoms with E-state index in [1.165, 1.54) is 11.9 Å². The zero-order valence-electron chi connectivity index (χ0n) is 13.8. The maximum absolute atomic E-state index is 10.1. The van der Waals surface area contributed by atoms with E-state index in [4.69, 9.17) is 0 Å². The molecule has 2 aromatic carbocycles. The Morgan fingerprint density at radius 2 is 1.76 bits per heavy atom. The third-order valence-corrected chi connectivity index (χ3v) is 4.27. The van der Waals surface area contributed by atoms with Gasteiger partial charge in [-0.25, -0.2) is 9.97 Å². The summed E-state index contributed by atoms with van der Waals surface area (Å²) in [6.07, 6.45) is 1.54. The van der Waals surface area contributed by atoms with Gasteiger partial charge in [-0.3, -0.25) is 0 Å². The van der Waals surface area contributed by atoms with E-state index in [-0.39, 0.29) is 11.8 Å². The second-order valence-corrected chi connectivity index (χ2v) is 5.96. The first-order valence-electron chi connectivity index (χ1n) is 8.16. The number of aromatic amines is 1. The van der Waals surface area contributed by atoms with E-state index in [1.807, 2.05) is 36.4 Å². The molecule has 0 unspecified atom stereocenters. The van der Waals surface area contributed by atoms with Gasteiger partial charge in [0.1, 0.15) is 23.5 Å². The van der Waals surface area contributed by atoms with Gasteiger partial charge in [0.2, 0.25) is 0 Å². The van der Waals surface area contributed by atoms with Crippen LogP contribution in [0.25, 0.3) is 22.3 Å². The maximum atomic E-state index is 10.1. The molecule has 0 fully saturated rings. The first-order chi connectivity index (χ1) is 12.2. The number of rotatable bonds is 4. The number of H-pyrrole nitrogens is 1. The molecule has 1 atom stereocenters. The highest BCUT2D eigenvalue weighted by Crippen LogP contribution is 2.32. The minimum Gasteiger partial charge on any atom is -0.507 e. The molecule has 2 heterocycles. The number of phenols is 1. The van der Waals surface area contributed by atoms with Crippen molar-refractivity contribution in [1.29, 1.82) is 0 Å². The number of fused-ring (bicyclic) bond motifs is 1. The van der Waals surface area contributed by atoms with E-state index >= 15 is 0 Å². The van der Waals surface area contributed by atoms with Crippen LogP contribution in [0, 0.1) is 0 Å². The quantitative estimate of drug-likeness (QED) is 0.515.